The van der Waals surface area contributed by atoms with E-state index in [1.807, 2.05) is 25.1 Å². The van der Waals surface area contributed by atoms with Crippen molar-refractivity contribution in [2.75, 3.05) is 6.61 Å². The second kappa shape index (κ2) is 6.27. The molecule has 2 nitrogen and oxygen atoms in total. The Bertz CT molecular complexity index is 625. The SMILES string of the molecule is Cc1cc(Br)ccc1OCC(=O)c1cc(Cl)sc1Cl. The van der Waals surface area contributed by atoms with E-state index in [2.05, 4.69) is 15.9 Å². The minimum absolute atomic E-state index is 0.0603. The number of carbonyl (C=O) groups excluding carboxylic acids is 1. The fourth-order valence-corrected chi connectivity index (χ4v) is 3.50. The minimum atomic E-state index is -0.185. The van der Waals surface area contributed by atoms with Gasteiger partial charge in [0.05, 0.1) is 9.90 Å². The van der Waals surface area contributed by atoms with E-state index in [1.165, 1.54) is 11.3 Å². The number of Topliss-reactive ketones (excluding diaryl/α,β-unsaturated/α-hetero) is 1. The predicted molar refractivity (Wildman–Crippen MR) is 83.0 cm³/mol. The van der Waals surface area contributed by atoms with Crippen LogP contribution in [0.5, 0.6) is 5.75 Å². The molecule has 1 heterocycles. The highest BCUT2D eigenvalue weighted by molar-refractivity contribution is 9.10. The first kappa shape index (κ1) is 14.9. The first-order valence-corrected chi connectivity index (χ1v) is 7.71. The lowest BCUT2D eigenvalue weighted by atomic mass is 10.2. The van der Waals surface area contributed by atoms with Gasteiger partial charge in [0.2, 0.25) is 5.78 Å². The van der Waals surface area contributed by atoms with Gasteiger partial charge in [-0.25, -0.2) is 0 Å². The van der Waals surface area contributed by atoms with E-state index in [9.17, 15) is 4.79 Å². The highest BCUT2D eigenvalue weighted by atomic mass is 79.9. The largest absolute Gasteiger partial charge is 0.485 e. The van der Waals surface area contributed by atoms with E-state index < -0.39 is 0 Å². The third kappa shape index (κ3) is 3.72. The number of rotatable bonds is 4. The average molecular weight is 380 g/mol. The standard InChI is InChI=1S/C13H9BrCl2O2S/c1-7-4-8(14)2-3-11(7)18-6-10(17)9-5-12(15)19-13(9)16/h2-5H,6H2,1H3. The van der Waals surface area contributed by atoms with Crippen LogP contribution >= 0.6 is 50.5 Å². The molecule has 2 rings (SSSR count). The van der Waals surface area contributed by atoms with Gasteiger partial charge < -0.3 is 4.74 Å². The maximum absolute atomic E-state index is 12.0. The van der Waals surface area contributed by atoms with Crippen molar-refractivity contribution in [1.82, 2.24) is 0 Å². The van der Waals surface area contributed by atoms with Crippen molar-refractivity contribution in [3.05, 3.63) is 48.5 Å². The van der Waals surface area contributed by atoms with Gasteiger partial charge in [0, 0.05) is 4.47 Å². The molecular formula is C13H9BrCl2O2S. The Kier molecular flexibility index (Phi) is 4.90. The van der Waals surface area contributed by atoms with Gasteiger partial charge in [-0.3, -0.25) is 4.79 Å². The average Bonchev–Trinajstić information content (AvgIpc) is 2.67. The Hall–Kier alpha value is -0.550. The van der Waals surface area contributed by atoms with Crippen LogP contribution in [-0.2, 0) is 0 Å². The smallest absolute Gasteiger partial charge is 0.202 e. The molecule has 0 amide bonds. The van der Waals surface area contributed by atoms with Crippen LogP contribution in [0, 0.1) is 6.92 Å². The Morgan fingerprint density at radius 3 is 2.68 bits per heavy atom. The summed E-state index contributed by atoms with van der Waals surface area (Å²) >= 11 is 16.3. The Balaban J connectivity index is 2.06. The number of ether oxygens (including phenoxy) is 1. The van der Waals surface area contributed by atoms with Crippen LogP contribution in [0.3, 0.4) is 0 Å². The van der Waals surface area contributed by atoms with Crippen LogP contribution in [0.1, 0.15) is 15.9 Å². The molecule has 0 unspecified atom stereocenters. The van der Waals surface area contributed by atoms with Gasteiger partial charge in [0.1, 0.15) is 10.1 Å². The third-order valence-corrected chi connectivity index (χ3v) is 4.43. The van der Waals surface area contributed by atoms with Crippen molar-refractivity contribution >= 4 is 56.3 Å². The first-order chi connectivity index (χ1) is 8.97. The molecule has 6 heteroatoms. The molecular weight excluding hydrogens is 371 g/mol. The molecule has 0 atom stereocenters. The molecule has 0 bridgehead atoms. The first-order valence-electron chi connectivity index (χ1n) is 5.34. The lowest BCUT2D eigenvalue weighted by molar-refractivity contribution is 0.0921. The molecule has 0 aliphatic rings. The van der Waals surface area contributed by atoms with Crippen molar-refractivity contribution in [3.8, 4) is 5.75 Å². The van der Waals surface area contributed by atoms with Crippen molar-refractivity contribution in [3.63, 3.8) is 0 Å². The van der Waals surface area contributed by atoms with E-state index in [4.69, 9.17) is 27.9 Å². The molecule has 0 N–H and O–H groups in total. The highest BCUT2D eigenvalue weighted by Crippen LogP contribution is 2.31. The number of hydrogen-bond donors (Lipinski definition) is 0. The molecule has 100 valence electrons. The summed E-state index contributed by atoms with van der Waals surface area (Å²) in [5, 5.41) is 0. The number of ketones is 1. The van der Waals surface area contributed by atoms with Crippen molar-refractivity contribution < 1.29 is 9.53 Å². The summed E-state index contributed by atoms with van der Waals surface area (Å²) in [5.41, 5.74) is 1.36. The number of aryl methyl sites for hydroxylation is 1. The number of thiophene rings is 1. The van der Waals surface area contributed by atoms with E-state index >= 15 is 0 Å². The van der Waals surface area contributed by atoms with Crippen LogP contribution in [0.4, 0.5) is 0 Å². The molecule has 0 aliphatic heterocycles. The molecule has 0 saturated carbocycles. The van der Waals surface area contributed by atoms with Crippen molar-refractivity contribution in [2.45, 2.75) is 6.92 Å². The predicted octanol–water partition coefficient (Wildman–Crippen LogP) is 5.39. The van der Waals surface area contributed by atoms with E-state index in [0.717, 1.165) is 10.0 Å². The summed E-state index contributed by atoms with van der Waals surface area (Å²) in [6.07, 6.45) is 0. The monoisotopic (exact) mass is 378 g/mol. The molecule has 0 fully saturated rings. The summed E-state index contributed by atoms with van der Waals surface area (Å²) in [6.45, 7) is 1.86. The highest BCUT2D eigenvalue weighted by Gasteiger charge is 2.15. The Morgan fingerprint density at radius 1 is 1.37 bits per heavy atom. The summed E-state index contributed by atoms with van der Waals surface area (Å²) in [5.74, 6) is 0.490. The van der Waals surface area contributed by atoms with E-state index in [-0.39, 0.29) is 12.4 Å². The summed E-state index contributed by atoms with van der Waals surface area (Å²) < 4.78 is 7.36. The van der Waals surface area contributed by atoms with Gasteiger partial charge in [0.15, 0.2) is 6.61 Å². The minimum Gasteiger partial charge on any atom is -0.485 e. The maximum atomic E-state index is 12.0. The van der Waals surface area contributed by atoms with Gasteiger partial charge in [-0.1, -0.05) is 39.1 Å². The molecule has 0 spiro atoms. The zero-order valence-electron chi connectivity index (χ0n) is 9.88. The quantitative estimate of drug-likeness (QED) is 0.666. The third-order valence-electron chi connectivity index (χ3n) is 2.45. The fraction of sp³-hybridized carbons (Fsp3) is 0.154. The summed E-state index contributed by atoms with van der Waals surface area (Å²) in [6, 6.07) is 7.17. The Labute approximate surface area is 133 Å². The molecule has 0 saturated heterocycles. The maximum Gasteiger partial charge on any atom is 0.202 e. The lowest BCUT2D eigenvalue weighted by Gasteiger charge is -2.08. The molecule has 0 radical (unpaired) electrons. The van der Waals surface area contributed by atoms with Crippen LogP contribution in [0.15, 0.2) is 28.7 Å². The molecule has 19 heavy (non-hydrogen) atoms. The second-order valence-electron chi connectivity index (χ2n) is 3.86. The van der Waals surface area contributed by atoms with Crippen LogP contribution in [0.25, 0.3) is 0 Å². The summed E-state index contributed by atoms with van der Waals surface area (Å²) in [4.78, 5) is 12.0. The number of carbonyl (C=O) groups is 1. The lowest BCUT2D eigenvalue weighted by Crippen LogP contribution is -2.11. The van der Waals surface area contributed by atoms with Gasteiger partial charge in [-0.15, -0.1) is 11.3 Å². The zero-order valence-corrected chi connectivity index (χ0v) is 13.8. The number of halogens is 3. The number of benzene rings is 1. The van der Waals surface area contributed by atoms with Crippen molar-refractivity contribution in [2.24, 2.45) is 0 Å². The summed E-state index contributed by atoms with van der Waals surface area (Å²) in [7, 11) is 0. The normalized spacial score (nSPS) is 10.5. The van der Waals surface area contributed by atoms with E-state index in [1.54, 1.807) is 6.07 Å². The topological polar surface area (TPSA) is 26.3 Å². The fourth-order valence-electron chi connectivity index (χ4n) is 1.53. The van der Waals surface area contributed by atoms with Crippen LogP contribution < -0.4 is 4.74 Å². The molecule has 2 aromatic rings. The van der Waals surface area contributed by atoms with Gasteiger partial charge in [-0.05, 0) is 36.8 Å². The zero-order chi connectivity index (χ0) is 14.0. The second-order valence-corrected chi connectivity index (χ2v) is 7.06. The molecule has 1 aromatic carbocycles. The molecule has 1 aromatic heterocycles. The molecule has 0 aliphatic carbocycles. The van der Waals surface area contributed by atoms with Gasteiger partial charge in [0.25, 0.3) is 0 Å². The van der Waals surface area contributed by atoms with Gasteiger partial charge in [-0.2, -0.15) is 0 Å². The van der Waals surface area contributed by atoms with Crippen LogP contribution in [-0.4, -0.2) is 12.4 Å². The van der Waals surface area contributed by atoms with Crippen LogP contribution in [0.2, 0.25) is 8.67 Å². The van der Waals surface area contributed by atoms with E-state index in [0.29, 0.717) is 20.0 Å². The number of hydrogen-bond acceptors (Lipinski definition) is 3. The van der Waals surface area contributed by atoms with Crippen molar-refractivity contribution in [1.29, 1.82) is 0 Å². The van der Waals surface area contributed by atoms with Gasteiger partial charge >= 0.3 is 0 Å². The Morgan fingerprint density at radius 2 is 2.11 bits per heavy atom.